The summed E-state index contributed by atoms with van der Waals surface area (Å²) < 4.78 is 10.0. The van der Waals surface area contributed by atoms with Crippen LogP contribution in [0.3, 0.4) is 0 Å². The van der Waals surface area contributed by atoms with Crippen LogP contribution >= 0.6 is 23.5 Å². The number of benzene rings is 1. The van der Waals surface area contributed by atoms with Gasteiger partial charge < -0.3 is 19.7 Å². The third kappa shape index (κ3) is 5.48. The summed E-state index contributed by atoms with van der Waals surface area (Å²) in [4.78, 5) is 26.7. The molecule has 0 aromatic heterocycles. The highest BCUT2D eigenvalue weighted by Gasteiger charge is 2.31. The molecule has 1 aliphatic rings. The van der Waals surface area contributed by atoms with E-state index in [0.717, 1.165) is 28.6 Å². The highest BCUT2D eigenvalue weighted by atomic mass is 32.2. The van der Waals surface area contributed by atoms with Gasteiger partial charge in [-0.15, -0.1) is 0 Å². The zero-order chi connectivity index (χ0) is 18.9. The number of ether oxygens (including phenoxy) is 2. The second kappa shape index (κ2) is 10.6. The fourth-order valence-corrected chi connectivity index (χ4v) is 4.37. The summed E-state index contributed by atoms with van der Waals surface area (Å²) in [5.74, 6) is 2.87. The number of urea groups is 1. The van der Waals surface area contributed by atoms with E-state index in [2.05, 4.69) is 5.32 Å². The van der Waals surface area contributed by atoms with Gasteiger partial charge in [-0.25, -0.2) is 9.59 Å². The van der Waals surface area contributed by atoms with Crippen LogP contribution in [0.15, 0.2) is 24.3 Å². The number of thioether (sulfide) groups is 2. The number of esters is 1. The van der Waals surface area contributed by atoms with Gasteiger partial charge in [-0.3, -0.25) is 0 Å². The average Bonchev–Trinajstić information content (AvgIpc) is 2.70. The SMILES string of the molecule is COC(=O)[C@H](CCSC)NC(=O)N1CCSC[C@H]1c1ccc(OC)cc1. The standard InChI is InChI=1S/C18H26N2O4S2/c1-23-14-6-4-13(5-7-14)16-12-26-11-9-20(16)18(22)19-15(8-10-25-3)17(21)24-2/h4-7,15-16H,8-12H2,1-3H3,(H,19,22)/t15-,16-/m0/s1. The van der Waals surface area contributed by atoms with Crippen molar-refractivity contribution in [3.63, 3.8) is 0 Å². The molecule has 2 rings (SSSR count). The molecule has 0 aliphatic carbocycles. The van der Waals surface area contributed by atoms with E-state index in [1.165, 1.54) is 7.11 Å². The Morgan fingerprint density at radius 3 is 2.69 bits per heavy atom. The smallest absolute Gasteiger partial charge is 0.328 e. The molecule has 1 saturated heterocycles. The molecular weight excluding hydrogens is 372 g/mol. The number of hydrogen-bond acceptors (Lipinski definition) is 6. The highest BCUT2D eigenvalue weighted by Crippen LogP contribution is 2.30. The van der Waals surface area contributed by atoms with E-state index in [0.29, 0.717) is 13.0 Å². The van der Waals surface area contributed by atoms with Crippen LogP contribution in [-0.4, -0.2) is 67.2 Å². The minimum Gasteiger partial charge on any atom is -0.497 e. The summed E-state index contributed by atoms with van der Waals surface area (Å²) >= 11 is 3.46. The Morgan fingerprint density at radius 1 is 1.35 bits per heavy atom. The summed E-state index contributed by atoms with van der Waals surface area (Å²) in [6, 6.07) is 6.91. The van der Waals surface area contributed by atoms with Crippen molar-refractivity contribution in [1.29, 1.82) is 0 Å². The van der Waals surface area contributed by atoms with Gasteiger partial charge >= 0.3 is 12.0 Å². The summed E-state index contributed by atoms with van der Waals surface area (Å²) in [5, 5.41) is 2.86. The Kier molecular flexibility index (Phi) is 8.44. The molecule has 1 aliphatic heterocycles. The second-order valence-corrected chi connectivity index (χ2v) is 8.00. The first kappa shape index (κ1) is 20.8. The van der Waals surface area contributed by atoms with Crippen molar-refractivity contribution in [2.75, 3.05) is 44.3 Å². The largest absolute Gasteiger partial charge is 0.497 e. The molecule has 0 unspecified atom stereocenters. The predicted octanol–water partition coefficient (Wildman–Crippen LogP) is 2.79. The van der Waals surface area contributed by atoms with Gasteiger partial charge in [0.25, 0.3) is 0 Å². The monoisotopic (exact) mass is 398 g/mol. The number of methoxy groups -OCH3 is 2. The number of rotatable bonds is 7. The average molecular weight is 399 g/mol. The van der Waals surface area contributed by atoms with Crippen LogP contribution in [-0.2, 0) is 9.53 Å². The Bertz CT molecular complexity index is 597. The fourth-order valence-electron chi connectivity index (χ4n) is 2.81. The summed E-state index contributed by atoms with van der Waals surface area (Å²) in [7, 11) is 2.98. The van der Waals surface area contributed by atoms with E-state index < -0.39 is 12.0 Å². The van der Waals surface area contributed by atoms with Crippen LogP contribution in [0.25, 0.3) is 0 Å². The lowest BCUT2D eigenvalue weighted by Gasteiger charge is -2.36. The Labute approximate surface area is 163 Å². The predicted molar refractivity (Wildman–Crippen MR) is 107 cm³/mol. The summed E-state index contributed by atoms with van der Waals surface area (Å²) in [6.45, 7) is 0.642. The van der Waals surface area contributed by atoms with E-state index >= 15 is 0 Å². The molecule has 144 valence electrons. The zero-order valence-electron chi connectivity index (χ0n) is 15.4. The van der Waals surface area contributed by atoms with Crippen LogP contribution < -0.4 is 10.1 Å². The van der Waals surface area contributed by atoms with Crippen LogP contribution in [0.2, 0.25) is 0 Å². The molecule has 2 atom stereocenters. The van der Waals surface area contributed by atoms with Gasteiger partial charge in [-0.2, -0.15) is 23.5 Å². The van der Waals surface area contributed by atoms with E-state index in [-0.39, 0.29) is 12.1 Å². The fraction of sp³-hybridized carbons (Fsp3) is 0.556. The summed E-state index contributed by atoms with van der Waals surface area (Å²) in [5.41, 5.74) is 1.06. The Balaban J connectivity index is 2.11. The maximum atomic E-state index is 12.9. The molecular formula is C18H26N2O4S2. The minimum absolute atomic E-state index is 0.0292. The molecule has 1 heterocycles. The molecule has 8 heteroatoms. The van der Waals surface area contributed by atoms with Gasteiger partial charge in [0.2, 0.25) is 0 Å². The molecule has 0 spiro atoms. The number of amides is 2. The second-order valence-electron chi connectivity index (χ2n) is 5.86. The molecule has 6 nitrogen and oxygen atoms in total. The number of carbonyl (C=O) groups is 2. The van der Waals surface area contributed by atoms with Gasteiger partial charge in [-0.1, -0.05) is 12.1 Å². The number of nitrogens with one attached hydrogen (secondary N) is 1. The molecule has 1 aromatic carbocycles. The molecule has 0 bridgehead atoms. The van der Waals surface area contributed by atoms with Crippen molar-refractivity contribution in [2.45, 2.75) is 18.5 Å². The third-order valence-electron chi connectivity index (χ3n) is 4.28. The van der Waals surface area contributed by atoms with Crippen molar-refractivity contribution in [2.24, 2.45) is 0 Å². The number of hydrogen-bond donors (Lipinski definition) is 1. The lowest BCUT2D eigenvalue weighted by atomic mass is 10.1. The minimum atomic E-state index is -0.619. The lowest BCUT2D eigenvalue weighted by Crippen LogP contribution is -2.51. The molecule has 0 radical (unpaired) electrons. The summed E-state index contributed by atoms with van der Waals surface area (Å²) in [6.07, 6.45) is 2.52. The van der Waals surface area contributed by atoms with Crippen molar-refractivity contribution in [1.82, 2.24) is 10.2 Å². The first-order valence-corrected chi connectivity index (χ1v) is 11.0. The Hall–Kier alpha value is -1.54. The maximum absolute atomic E-state index is 12.9. The molecule has 1 fully saturated rings. The quantitative estimate of drug-likeness (QED) is 0.713. The van der Waals surface area contributed by atoms with Crippen molar-refractivity contribution in [3.05, 3.63) is 29.8 Å². The van der Waals surface area contributed by atoms with E-state index in [1.807, 2.05) is 47.2 Å². The molecule has 0 saturated carbocycles. The lowest BCUT2D eigenvalue weighted by molar-refractivity contribution is -0.142. The molecule has 1 aromatic rings. The van der Waals surface area contributed by atoms with E-state index in [4.69, 9.17) is 9.47 Å². The first-order chi connectivity index (χ1) is 12.6. The highest BCUT2D eigenvalue weighted by molar-refractivity contribution is 7.99. The normalized spacial score (nSPS) is 18.1. The molecule has 1 N–H and O–H groups in total. The van der Waals surface area contributed by atoms with Gasteiger partial charge in [-0.05, 0) is 36.1 Å². The zero-order valence-corrected chi connectivity index (χ0v) is 17.0. The topological polar surface area (TPSA) is 67.9 Å². The van der Waals surface area contributed by atoms with Crippen LogP contribution in [0.5, 0.6) is 5.75 Å². The maximum Gasteiger partial charge on any atom is 0.328 e. The van der Waals surface area contributed by atoms with Gasteiger partial charge in [0, 0.05) is 18.1 Å². The van der Waals surface area contributed by atoms with E-state index in [9.17, 15) is 9.59 Å². The van der Waals surface area contributed by atoms with Crippen molar-refractivity contribution >= 4 is 35.5 Å². The van der Waals surface area contributed by atoms with Crippen LogP contribution in [0.4, 0.5) is 4.79 Å². The van der Waals surface area contributed by atoms with Crippen LogP contribution in [0.1, 0.15) is 18.0 Å². The molecule has 26 heavy (non-hydrogen) atoms. The third-order valence-corrected chi connectivity index (χ3v) is 5.95. The Morgan fingerprint density at radius 2 is 2.08 bits per heavy atom. The van der Waals surface area contributed by atoms with Crippen molar-refractivity contribution < 1.29 is 19.1 Å². The van der Waals surface area contributed by atoms with Crippen molar-refractivity contribution in [3.8, 4) is 5.75 Å². The number of carbonyl (C=O) groups excluding carboxylic acids is 2. The molecule has 2 amide bonds. The van der Waals surface area contributed by atoms with Gasteiger partial charge in [0.05, 0.1) is 20.3 Å². The van der Waals surface area contributed by atoms with E-state index in [1.54, 1.807) is 18.9 Å². The number of nitrogens with zero attached hydrogens (tertiary/aromatic N) is 1. The van der Waals surface area contributed by atoms with Gasteiger partial charge in [0.15, 0.2) is 0 Å². The van der Waals surface area contributed by atoms with Crippen LogP contribution in [0, 0.1) is 0 Å². The van der Waals surface area contributed by atoms with Gasteiger partial charge in [0.1, 0.15) is 11.8 Å². The first-order valence-electron chi connectivity index (χ1n) is 8.46.